The van der Waals surface area contributed by atoms with Crippen LogP contribution >= 0.6 is 0 Å². The lowest BCUT2D eigenvalue weighted by molar-refractivity contribution is 0.122. The van der Waals surface area contributed by atoms with E-state index < -0.39 is 0 Å². The Morgan fingerprint density at radius 1 is 1.28 bits per heavy atom. The first-order valence-electron chi connectivity index (χ1n) is 8.62. The molecule has 1 fully saturated rings. The van der Waals surface area contributed by atoms with Crippen molar-refractivity contribution >= 4 is 11.8 Å². The monoisotopic (exact) mass is 348 g/mol. The van der Waals surface area contributed by atoms with Crippen LogP contribution in [0.4, 0.5) is 16.2 Å². The van der Waals surface area contributed by atoms with Crippen LogP contribution in [0.2, 0.25) is 0 Å². The number of halogens is 1. The van der Waals surface area contributed by atoms with Gasteiger partial charge >= 0.3 is 0 Å². The van der Waals surface area contributed by atoms with E-state index in [1.807, 2.05) is 28.5 Å². The zero-order valence-electron chi connectivity index (χ0n) is 15.1. The van der Waals surface area contributed by atoms with Gasteiger partial charge in [0.25, 0.3) is 0 Å². The molecule has 2 aromatic rings. The first kappa shape index (κ1) is 17.6. The van der Waals surface area contributed by atoms with Crippen molar-refractivity contribution in [3.63, 3.8) is 0 Å². The van der Waals surface area contributed by atoms with E-state index in [9.17, 15) is 4.39 Å². The third-order valence-electron chi connectivity index (χ3n) is 4.33. The maximum Gasteiger partial charge on any atom is 0.227 e. The van der Waals surface area contributed by atoms with E-state index in [4.69, 9.17) is 4.74 Å². The number of morpholine rings is 1. The molecule has 0 aromatic carbocycles. The molecule has 0 spiro atoms. The second kappa shape index (κ2) is 7.77. The first-order valence-corrected chi connectivity index (χ1v) is 8.62. The standard InChI is InChI=1S/C17H25FN6O/c1-13-11-14(2)24(21-13)6-4-5-22(3)17-19-12-15(18)16(20-17)23-7-9-25-10-8-23/h11-12H,4-10H2,1-3H3. The molecule has 0 N–H and O–H groups in total. The van der Waals surface area contributed by atoms with Gasteiger partial charge < -0.3 is 14.5 Å². The quantitative estimate of drug-likeness (QED) is 0.793. The van der Waals surface area contributed by atoms with Crippen LogP contribution in [0.25, 0.3) is 0 Å². The average molecular weight is 348 g/mol. The van der Waals surface area contributed by atoms with Crippen molar-refractivity contribution in [2.45, 2.75) is 26.8 Å². The normalized spacial score (nSPS) is 14.8. The lowest BCUT2D eigenvalue weighted by Crippen LogP contribution is -2.37. The van der Waals surface area contributed by atoms with Crippen LogP contribution in [0.3, 0.4) is 0 Å². The fourth-order valence-electron chi connectivity index (χ4n) is 2.99. The van der Waals surface area contributed by atoms with Gasteiger partial charge in [-0.25, -0.2) is 9.37 Å². The van der Waals surface area contributed by atoms with E-state index in [1.165, 1.54) is 6.20 Å². The Kier molecular flexibility index (Phi) is 5.47. The molecule has 0 unspecified atom stereocenters. The minimum atomic E-state index is -0.387. The number of aryl methyl sites for hydroxylation is 3. The van der Waals surface area contributed by atoms with E-state index >= 15 is 0 Å². The summed E-state index contributed by atoms with van der Waals surface area (Å²) in [4.78, 5) is 12.4. The molecule has 2 aromatic heterocycles. The Hall–Kier alpha value is -2.22. The Morgan fingerprint density at radius 3 is 2.72 bits per heavy atom. The van der Waals surface area contributed by atoms with Gasteiger partial charge in [0.1, 0.15) is 0 Å². The van der Waals surface area contributed by atoms with Crippen LogP contribution < -0.4 is 9.80 Å². The molecule has 136 valence electrons. The first-order chi connectivity index (χ1) is 12.0. The summed E-state index contributed by atoms with van der Waals surface area (Å²) >= 11 is 0. The Labute approximate surface area is 147 Å². The SMILES string of the molecule is Cc1cc(C)n(CCCN(C)c2ncc(F)c(N3CCOCC3)n2)n1. The van der Waals surface area contributed by atoms with Crippen molar-refractivity contribution in [2.24, 2.45) is 0 Å². The molecule has 0 radical (unpaired) electrons. The molecule has 1 aliphatic rings. The summed E-state index contributed by atoms with van der Waals surface area (Å²) < 4.78 is 21.4. The highest BCUT2D eigenvalue weighted by atomic mass is 19.1. The Balaban J connectivity index is 1.61. The molecule has 0 amide bonds. The second-order valence-corrected chi connectivity index (χ2v) is 6.37. The topological polar surface area (TPSA) is 59.3 Å². The van der Waals surface area contributed by atoms with Crippen LogP contribution in [0.1, 0.15) is 17.8 Å². The average Bonchev–Trinajstić information content (AvgIpc) is 2.93. The van der Waals surface area contributed by atoms with Crippen molar-refractivity contribution in [1.29, 1.82) is 0 Å². The fourth-order valence-corrected chi connectivity index (χ4v) is 2.99. The highest BCUT2D eigenvalue weighted by Gasteiger charge is 2.18. The summed E-state index contributed by atoms with van der Waals surface area (Å²) in [5, 5.41) is 4.47. The molecule has 0 bridgehead atoms. The van der Waals surface area contributed by atoms with Gasteiger partial charge in [-0.1, -0.05) is 0 Å². The molecule has 1 aliphatic heterocycles. The van der Waals surface area contributed by atoms with E-state index in [1.54, 1.807) is 0 Å². The third-order valence-corrected chi connectivity index (χ3v) is 4.33. The van der Waals surface area contributed by atoms with E-state index in [0.717, 1.165) is 30.9 Å². The van der Waals surface area contributed by atoms with E-state index in [2.05, 4.69) is 28.1 Å². The van der Waals surface area contributed by atoms with Gasteiger partial charge in [0.15, 0.2) is 11.6 Å². The number of anilines is 2. The Morgan fingerprint density at radius 2 is 2.04 bits per heavy atom. The van der Waals surface area contributed by atoms with Crippen LogP contribution in [0.5, 0.6) is 0 Å². The minimum absolute atomic E-state index is 0.360. The Bertz CT molecular complexity index is 713. The minimum Gasteiger partial charge on any atom is -0.378 e. The summed E-state index contributed by atoms with van der Waals surface area (Å²) in [6.07, 6.45) is 2.16. The summed E-state index contributed by atoms with van der Waals surface area (Å²) in [6, 6.07) is 2.07. The molecule has 0 saturated carbocycles. The molecule has 25 heavy (non-hydrogen) atoms. The zero-order chi connectivity index (χ0) is 17.8. The molecule has 3 rings (SSSR count). The van der Waals surface area contributed by atoms with Crippen molar-refractivity contribution < 1.29 is 9.13 Å². The molecule has 8 heteroatoms. The number of aromatic nitrogens is 4. The van der Waals surface area contributed by atoms with Crippen molar-refractivity contribution in [2.75, 3.05) is 49.7 Å². The molecule has 0 atom stereocenters. The van der Waals surface area contributed by atoms with Crippen molar-refractivity contribution in [1.82, 2.24) is 19.7 Å². The van der Waals surface area contributed by atoms with Crippen LogP contribution in [-0.4, -0.2) is 59.6 Å². The van der Waals surface area contributed by atoms with Crippen molar-refractivity contribution in [3.05, 3.63) is 29.5 Å². The lowest BCUT2D eigenvalue weighted by Gasteiger charge is -2.28. The summed E-state index contributed by atoms with van der Waals surface area (Å²) in [5.74, 6) is 0.511. The van der Waals surface area contributed by atoms with Gasteiger partial charge in [-0.05, 0) is 26.3 Å². The summed E-state index contributed by atoms with van der Waals surface area (Å²) in [6.45, 7) is 8.14. The largest absolute Gasteiger partial charge is 0.378 e. The highest BCUT2D eigenvalue weighted by molar-refractivity contribution is 5.45. The van der Waals surface area contributed by atoms with Crippen molar-refractivity contribution in [3.8, 4) is 0 Å². The number of hydrogen-bond acceptors (Lipinski definition) is 6. The molecular formula is C17H25FN6O. The molecule has 7 nitrogen and oxygen atoms in total. The van der Waals surface area contributed by atoms with E-state index in [-0.39, 0.29) is 5.82 Å². The summed E-state index contributed by atoms with van der Waals surface area (Å²) in [7, 11) is 1.93. The van der Waals surface area contributed by atoms with Crippen LogP contribution in [-0.2, 0) is 11.3 Å². The lowest BCUT2D eigenvalue weighted by atomic mass is 10.3. The molecule has 1 saturated heterocycles. The van der Waals surface area contributed by atoms with Gasteiger partial charge in [0.05, 0.1) is 25.1 Å². The van der Waals surface area contributed by atoms with Gasteiger partial charge in [-0.3, -0.25) is 4.68 Å². The summed E-state index contributed by atoms with van der Waals surface area (Å²) in [5.41, 5.74) is 2.19. The molecule has 0 aliphatic carbocycles. The highest BCUT2D eigenvalue weighted by Crippen LogP contribution is 2.20. The van der Waals surface area contributed by atoms with E-state index in [0.29, 0.717) is 38.1 Å². The predicted octanol–water partition coefficient (Wildman–Crippen LogP) is 1.79. The molecular weight excluding hydrogens is 323 g/mol. The zero-order valence-corrected chi connectivity index (χ0v) is 15.1. The van der Waals surface area contributed by atoms with Gasteiger partial charge in [0.2, 0.25) is 5.95 Å². The van der Waals surface area contributed by atoms with Gasteiger partial charge in [-0.15, -0.1) is 0 Å². The number of nitrogens with zero attached hydrogens (tertiary/aromatic N) is 6. The second-order valence-electron chi connectivity index (χ2n) is 6.37. The third kappa shape index (κ3) is 4.25. The number of rotatable bonds is 6. The smallest absolute Gasteiger partial charge is 0.227 e. The van der Waals surface area contributed by atoms with Crippen LogP contribution in [0, 0.1) is 19.7 Å². The maximum absolute atomic E-state index is 14.1. The molecule has 3 heterocycles. The number of ether oxygens (including phenoxy) is 1. The number of hydrogen-bond donors (Lipinski definition) is 0. The fraction of sp³-hybridized carbons (Fsp3) is 0.588. The van der Waals surface area contributed by atoms with Gasteiger partial charge in [-0.2, -0.15) is 10.1 Å². The predicted molar refractivity (Wildman–Crippen MR) is 94.6 cm³/mol. The van der Waals surface area contributed by atoms with Crippen LogP contribution in [0.15, 0.2) is 12.3 Å². The maximum atomic E-state index is 14.1. The van der Waals surface area contributed by atoms with Gasteiger partial charge in [0, 0.05) is 38.9 Å².